The lowest BCUT2D eigenvalue weighted by Gasteiger charge is -2.47. The molecule has 1 unspecified atom stereocenters. The van der Waals surface area contributed by atoms with E-state index in [1.165, 1.54) is 63.2 Å². The van der Waals surface area contributed by atoms with Gasteiger partial charge >= 0.3 is 0 Å². The molecule has 0 aromatic carbocycles. The van der Waals surface area contributed by atoms with Crippen LogP contribution >= 0.6 is 11.8 Å². The third kappa shape index (κ3) is 4.37. The first-order valence-electron chi connectivity index (χ1n) is 8.22. The Morgan fingerprint density at radius 3 is 2.68 bits per heavy atom. The predicted octanol–water partition coefficient (Wildman–Crippen LogP) is 3.37. The minimum absolute atomic E-state index is 0.477. The standard InChI is InChI=1S/C16H32N2S/c1-4-19-10-9-18-13-16(7-5-6-8-16)17-12-15(18)11-14(2)3/h14-15,17H,4-13H2,1-3H3. The van der Waals surface area contributed by atoms with Gasteiger partial charge in [0.1, 0.15) is 0 Å². The van der Waals surface area contributed by atoms with Gasteiger partial charge in [0.05, 0.1) is 0 Å². The molecule has 0 aromatic heterocycles. The largest absolute Gasteiger partial charge is 0.308 e. The van der Waals surface area contributed by atoms with Gasteiger partial charge in [-0.3, -0.25) is 4.90 Å². The van der Waals surface area contributed by atoms with Gasteiger partial charge < -0.3 is 5.32 Å². The van der Waals surface area contributed by atoms with E-state index in [1.54, 1.807) is 0 Å². The number of hydrogen-bond donors (Lipinski definition) is 1. The predicted molar refractivity (Wildman–Crippen MR) is 87.0 cm³/mol. The van der Waals surface area contributed by atoms with Crippen LogP contribution in [0.1, 0.15) is 52.9 Å². The minimum Gasteiger partial charge on any atom is -0.308 e. The summed E-state index contributed by atoms with van der Waals surface area (Å²) in [5, 5.41) is 3.92. The summed E-state index contributed by atoms with van der Waals surface area (Å²) in [6.45, 7) is 10.8. The molecular weight excluding hydrogens is 252 g/mol. The summed E-state index contributed by atoms with van der Waals surface area (Å²) in [7, 11) is 0. The van der Waals surface area contributed by atoms with Crippen molar-refractivity contribution in [3.05, 3.63) is 0 Å². The van der Waals surface area contributed by atoms with E-state index in [9.17, 15) is 0 Å². The second kappa shape index (κ2) is 7.33. The number of rotatable bonds is 6. The van der Waals surface area contributed by atoms with Crippen LogP contribution in [-0.4, -0.2) is 47.6 Å². The van der Waals surface area contributed by atoms with Crippen LogP contribution in [0.2, 0.25) is 0 Å². The first kappa shape index (κ1) is 15.7. The zero-order valence-electron chi connectivity index (χ0n) is 13.1. The SMILES string of the molecule is CCSCCN1CC2(CCCC2)NCC1CC(C)C. The molecule has 3 heteroatoms. The normalized spacial score (nSPS) is 27.5. The molecule has 1 atom stereocenters. The summed E-state index contributed by atoms with van der Waals surface area (Å²) < 4.78 is 0. The van der Waals surface area contributed by atoms with Crippen LogP contribution < -0.4 is 5.32 Å². The zero-order chi connectivity index (χ0) is 13.7. The van der Waals surface area contributed by atoms with Crippen LogP contribution in [0, 0.1) is 5.92 Å². The van der Waals surface area contributed by atoms with Crippen molar-refractivity contribution in [2.45, 2.75) is 64.5 Å². The van der Waals surface area contributed by atoms with Crippen molar-refractivity contribution in [1.29, 1.82) is 0 Å². The minimum atomic E-state index is 0.477. The molecule has 1 heterocycles. The Labute approximate surface area is 124 Å². The molecule has 0 bridgehead atoms. The molecule has 2 rings (SSSR count). The first-order chi connectivity index (χ1) is 9.15. The van der Waals surface area contributed by atoms with Crippen molar-refractivity contribution in [3.8, 4) is 0 Å². The van der Waals surface area contributed by atoms with E-state index in [-0.39, 0.29) is 0 Å². The Kier molecular flexibility index (Phi) is 6.04. The van der Waals surface area contributed by atoms with Gasteiger partial charge in [0.25, 0.3) is 0 Å². The van der Waals surface area contributed by atoms with E-state index in [0.717, 1.165) is 12.0 Å². The van der Waals surface area contributed by atoms with Crippen LogP contribution in [0.5, 0.6) is 0 Å². The Morgan fingerprint density at radius 1 is 1.32 bits per heavy atom. The van der Waals surface area contributed by atoms with E-state index < -0.39 is 0 Å². The molecule has 2 nitrogen and oxygen atoms in total. The second-order valence-corrected chi connectivity index (χ2v) is 8.21. The molecule has 1 aliphatic heterocycles. The van der Waals surface area contributed by atoms with Gasteiger partial charge in [0.15, 0.2) is 0 Å². The summed E-state index contributed by atoms with van der Waals surface area (Å²) in [4.78, 5) is 2.81. The fourth-order valence-corrected chi connectivity index (χ4v) is 4.44. The number of piperazine rings is 1. The van der Waals surface area contributed by atoms with Crippen molar-refractivity contribution in [3.63, 3.8) is 0 Å². The Balaban J connectivity index is 1.92. The van der Waals surface area contributed by atoms with Gasteiger partial charge in [-0.2, -0.15) is 11.8 Å². The zero-order valence-corrected chi connectivity index (χ0v) is 13.9. The van der Waals surface area contributed by atoms with Crippen LogP contribution in [-0.2, 0) is 0 Å². The number of nitrogens with zero attached hydrogens (tertiary/aromatic N) is 1. The number of hydrogen-bond acceptors (Lipinski definition) is 3. The third-order valence-corrected chi connectivity index (χ3v) is 5.65. The molecule has 19 heavy (non-hydrogen) atoms. The topological polar surface area (TPSA) is 15.3 Å². The highest BCUT2D eigenvalue weighted by Crippen LogP contribution is 2.34. The maximum atomic E-state index is 3.92. The summed E-state index contributed by atoms with van der Waals surface area (Å²) >= 11 is 2.09. The second-order valence-electron chi connectivity index (χ2n) is 6.82. The van der Waals surface area contributed by atoms with Gasteiger partial charge in [0.2, 0.25) is 0 Å². The van der Waals surface area contributed by atoms with Crippen molar-refractivity contribution >= 4 is 11.8 Å². The smallest absolute Gasteiger partial charge is 0.0309 e. The fraction of sp³-hybridized carbons (Fsp3) is 1.00. The molecule has 2 aliphatic rings. The summed E-state index contributed by atoms with van der Waals surface area (Å²) in [6.07, 6.45) is 7.01. The Morgan fingerprint density at radius 2 is 2.05 bits per heavy atom. The molecule has 1 N–H and O–H groups in total. The number of nitrogens with one attached hydrogen (secondary N) is 1. The Hall–Kier alpha value is 0.270. The van der Waals surface area contributed by atoms with Crippen molar-refractivity contribution in [2.24, 2.45) is 5.92 Å². The van der Waals surface area contributed by atoms with Gasteiger partial charge in [-0.05, 0) is 30.9 Å². The van der Waals surface area contributed by atoms with E-state index >= 15 is 0 Å². The van der Waals surface area contributed by atoms with Gasteiger partial charge in [0, 0.05) is 37.0 Å². The molecule has 1 saturated heterocycles. The molecule has 0 amide bonds. The van der Waals surface area contributed by atoms with Crippen LogP contribution in [0.15, 0.2) is 0 Å². The first-order valence-corrected chi connectivity index (χ1v) is 9.37. The summed E-state index contributed by atoms with van der Waals surface area (Å²) in [5.74, 6) is 3.37. The van der Waals surface area contributed by atoms with Crippen molar-refractivity contribution in [2.75, 3.05) is 31.1 Å². The van der Waals surface area contributed by atoms with Gasteiger partial charge in [-0.25, -0.2) is 0 Å². The van der Waals surface area contributed by atoms with Crippen LogP contribution in [0.3, 0.4) is 0 Å². The monoisotopic (exact) mass is 284 g/mol. The van der Waals surface area contributed by atoms with Crippen LogP contribution in [0.4, 0.5) is 0 Å². The lowest BCUT2D eigenvalue weighted by atomic mass is 9.90. The average molecular weight is 285 g/mol. The van der Waals surface area contributed by atoms with Crippen molar-refractivity contribution < 1.29 is 0 Å². The summed E-state index contributed by atoms with van der Waals surface area (Å²) in [6, 6.07) is 0.767. The molecule has 1 saturated carbocycles. The van der Waals surface area contributed by atoms with E-state index in [2.05, 4.69) is 42.7 Å². The Bertz CT molecular complexity index is 261. The average Bonchev–Trinajstić information content (AvgIpc) is 2.81. The molecule has 0 aromatic rings. The third-order valence-electron chi connectivity index (χ3n) is 4.77. The molecule has 112 valence electrons. The highest BCUT2D eigenvalue weighted by Gasteiger charge is 2.40. The molecule has 1 aliphatic carbocycles. The molecule has 0 radical (unpaired) electrons. The summed E-state index contributed by atoms with van der Waals surface area (Å²) in [5.41, 5.74) is 0.477. The van der Waals surface area contributed by atoms with Crippen LogP contribution in [0.25, 0.3) is 0 Å². The molecule has 2 fully saturated rings. The lowest BCUT2D eigenvalue weighted by Crippen LogP contribution is -2.63. The highest BCUT2D eigenvalue weighted by molar-refractivity contribution is 7.99. The van der Waals surface area contributed by atoms with E-state index in [4.69, 9.17) is 0 Å². The van der Waals surface area contributed by atoms with Crippen molar-refractivity contribution in [1.82, 2.24) is 10.2 Å². The van der Waals surface area contributed by atoms with Gasteiger partial charge in [-0.15, -0.1) is 0 Å². The molecular formula is C16H32N2S. The lowest BCUT2D eigenvalue weighted by molar-refractivity contribution is 0.0753. The maximum absolute atomic E-state index is 3.92. The number of thioether (sulfide) groups is 1. The van der Waals surface area contributed by atoms with E-state index in [1.807, 2.05) is 0 Å². The maximum Gasteiger partial charge on any atom is 0.0309 e. The van der Waals surface area contributed by atoms with E-state index in [0.29, 0.717) is 5.54 Å². The fourth-order valence-electron chi connectivity index (χ4n) is 3.79. The molecule has 1 spiro atoms. The quantitative estimate of drug-likeness (QED) is 0.753. The highest BCUT2D eigenvalue weighted by atomic mass is 32.2. The van der Waals surface area contributed by atoms with Gasteiger partial charge in [-0.1, -0.05) is 33.6 Å².